The second kappa shape index (κ2) is 7.97. The number of rotatable bonds is 6. The normalized spacial score (nSPS) is 10.3. The van der Waals surface area contributed by atoms with Gasteiger partial charge in [-0.15, -0.1) is 0 Å². The lowest BCUT2D eigenvalue weighted by Crippen LogP contribution is -2.14. The molecule has 0 aliphatic carbocycles. The maximum absolute atomic E-state index is 12.4. The highest BCUT2D eigenvalue weighted by atomic mass is 79.9. The van der Waals surface area contributed by atoms with Gasteiger partial charge in [-0.05, 0) is 61.0 Å². The number of aryl methyl sites for hydroxylation is 1. The Balaban J connectivity index is 2.24. The van der Waals surface area contributed by atoms with E-state index in [-0.39, 0.29) is 5.91 Å². The van der Waals surface area contributed by atoms with Crippen molar-refractivity contribution in [3.63, 3.8) is 0 Å². The average Bonchev–Trinajstić information content (AvgIpc) is 2.51. The molecule has 0 spiro atoms. The van der Waals surface area contributed by atoms with Crippen molar-refractivity contribution in [2.24, 2.45) is 0 Å². The van der Waals surface area contributed by atoms with Gasteiger partial charge in [-0.1, -0.05) is 0 Å². The van der Waals surface area contributed by atoms with Gasteiger partial charge < -0.3 is 14.8 Å². The number of hydrogen-bond acceptors (Lipinski definition) is 4. The molecule has 0 radical (unpaired) electrons. The van der Waals surface area contributed by atoms with Crippen LogP contribution in [0, 0.1) is 6.92 Å². The van der Waals surface area contributed by atoms with E-state index in [4.69, 9.17) is 9.47 Å². The van der Waals surface area contributed by atoms with Gasteiger partial charge in [0.25, 0.3) is 5.91 Å². The molecule has 0 atom stereocenters. The zero-order valence-electron chi connectivity index (χ0n) is 13.4. The molecule has 0 aliphatic rings. The van der Waals surface area contributed by atoms with Crippen LogP contribution in [-0.4, -0.2) is 24.1 Å². The molecule has 5 nitrogen and oxygen atoms in total. The number of anilines is 1. The summed E-state index contributed by atoms with van der Waals surface area (Å²) in [5.74, 6) is 1.43. The molecule has 1 amide bonds. The number of halogens is 1. The van der Waals surface area contributed by atoms with Crippen LogP contribution < -0.4 is 14.8 Å². The maximum Gasteiger partial charge on any atom is 0.257 e. The minimum Gasteiger partial charge on any atom is -0.494 e. The highest BCUT2D eigenvalue weighted by molar-refractivity contribution is 9.10. The molecule has 1 N–H and O–H groups in total. The minimum atomic E-state index is -0.262. The lowest BCUT2D eigenvalue weighted by molar-refractivity contribution is 0.102. The summed E-state index contributed by atoms with van der Waals surface area (Å²) in [6.07, 6.45) is 0. The Hall–Kier alpha value is -2.08. The molecule has 2 rings (SSSR count). The standard InChI is InChI=1S/C17H19BrN2O3/c1-4-22-13-8-12(9-14(10-13)23-5-2)17(21)20-16-7-6-15(18)11(3)19-16/h6-10H,4-5H2,1-3H3,(H,19,20,21). The van der Waals surface area contributed by atoms with Crippen LogP contribution in [-0.2, 0) is 0 Å². The van der Waals surface area contributed by atoms with E-state index >= 15 is 0 Å². The molecule has 1 aromatic carbocycles. The van der Waals surface area contributed by atoms with Gasteiger partial charge in [-0.25, -0.2) is 4.98 Å². The maximum atomic E-state index is 12.4. The van der Waals surface area contributed by atoms with Crippen LogP contribution in [0.5, 0.6) is 11.5 Å². The fourth-order valence-electron chi connectivity index (χ4n) is 2.00. The van der Waals surface area contributed by atoms with Gasteiger partial charge in [0.1, 0.15) is 17.3 Å². The van der Waals surface area contributed by atoms with Crippen molar-refractivity contribution in [2.75, 3.05) is 18.5 Å². The molecule has 23 heavy (non-hydrogen) atoms. The van der Waals surface area contributed by atoms with Gasteiger partial charge in [-0.2, -0.15) is 0 Å². The van der Waals surface area contributed by atoms with E-state index in [1.54, 1.807) is 24.3 Å². The number of carbonyl (C=O) groups is 1. The number of benzene rings is 1. The lowest BCUT2D eigenvalue weighted by Gasteiger charge is -2.11. The van der Waals surface area contributed by atoms with E-state index < -0.39 is 0 Å². The number of pyridine rings is 1. The molecule has 0 aliphatic heterocycles. The Kier molecular flexibility index (Phi) is 5.98. The third-order valence-electron chi connectivity index (χ3n) is 3.03. The third-order valence-corrected chi connectivity index (χ3v) is 3.87. The van der Waals surface area contributed by atoms with Crippen molar-refractivity contribution in [1.82, 2.24) is 4.98 Å². The highest BCUT2D eigenvalue weighted by Gasteiger charge is 2.12. The SMILES string of the molecule is CCOc1cc(OCC)cc(C(=O)Nc2ccc(Br)c(C)n2)c1. The zero-order valence-corrected chi connectivity index (χ0v) is 14.9. The van der Waals surface area contributed by atoms with E-state index in [0.29, 0.717) is 36.1 Å². The molecule has 1 aromatic heterocycles. The summed E-state index contributed by atoms with van der Waals surface area (Å²) in [5, 5.41) is 2.78. The molecular formula is C17H19BrN2O3. The Morgan fingerprint density at radius 1 is 1.13 bits per heavy atom. The van der Waals surface area contributed by atoms with E-state index in [1.165, 1.54) is 0 Å². The van der Waals surface area contributed by atoms with Crippen LogP contribution in [0.4, 0.5) is 5.82 Å². The van der Waals surface area contributed by atoms with Crippen LogP contribution in [0.25, 0.3) is 0 Å². The zero-order chi connectivity index (χ0) is 16.8. The average molecular weight is 379 g/mol. The van der Waals surface area contributed by atoms with Crippen molar-refractivity contribution in [1.29, 1.82) is 0 Å². The Bertz CT molecular complexity index is 680. The molecule has 0 saturated heterocycles. The lowest BCUT2D eigenvalue weighted by atomic mass is 10.2. The van der Waals surface area contributed by atoms with Gasteiger partial charge >= 0.3 is 0 Å². The molecule has 122 valence electrons. The van der Waals surface area contributed by atoms with Crippen molar-refractivity contribution in [3.05, 3.63) is 46.1 Å². The first-order chi connectivity index (χ1) is 11.0. The highest BCUT2D eigenvalue weighted by Crippen LogP contribution is 2.24. The van der Waals surface area contributed by atoms with E-state index in [9.17, 15) is 4.79 Å². The van der Waals surface area contributed by atoms with Crippen molar-refractivity contribution in [2.45, 2.75) is 20.8 Å². The van der Waals surface area contributed by atoms with Gasteiger partial charge in [0.05, 0.1) is 18.9 Å². The summed E-state index contributed by atoms with van der Waals surface area (Å²) in [6.45, 7) is 6.68. The first-order valence-corrected chi connectivity index (χ1v) is 8.18. The monoisotopic (exact) mass is 378 g/mol. The van der Waals surface area contributed by atoms with Crippen LogP contribution in [0.3, 0.4) is 0 Å². The minimum absolute atomic E-state index is 0.262. The fourth-order valence-corrected chi connectivity index (χ4v) is 2.23. The fraction of sp³-hybridized carbons (Fsp3) is 0.294. The number of nitrogens with zero attached hydrogens (tertiary/aromatic N) is 1. The number of aromatic nitrogens is 1. The molecule has 1 heterocycles. The second-order valence-electron chi connectivity index (χ2n) is 4.78. The number of amides is 1. The van der Waals surface area contributed by atoms with E-state index in [1.807, 2.05) is 26.8 Å². The molecule has 0 bridgehead atoms. The number of hydrogen-bond donors (Lipinski definition) is 1. The van der Waals surface area contributed by atoms with Gasteiger partial charge in [0, 0.05) is 16.1 Å². The third kappa shape index (κ3) is 4.69. The molecule has 0 unspecified atom stereocenters. The predicted molar refractivity (Wildman–Crippen MR) is 93.4 cm³/mol. The first kappa shape index (κ1) is 17.3. The van der Waals surface area contributed by atoms with Gasteiger partial charge in [-0.3, -0.25) is 4.79 Å². The smallest absolute Gasteiger partial charge is 0.257 e. The van der Waals surface area contributed by atoms with Gasteiger partial charge in [0.2, 0.25) is 0 Å². The van der Waals surface area contributed by atoms with E-state index in [0.717, 1.165) is 10.2 Å². The number of carbonyl (C=O) groups excluding carboxylic acids is 1. The topological polar surface area (TPSA) is 60.5 Å². The Labute approximate surface area is 144 Å². The predicted octanol–water partition coefficient (Wildman–Crippen LogP) is 4.20. The summed E-state index contributed by atoms with van der Waals surface area (Å²) in [7, 11) is 0. The Morgan fingerprint density at radius 3 is 2.26 bits per heavy atom. The summed E-state index contributed by atoms with van der Waals surface area (Å²) < 4.78 is 11.9. The summed E-state index contributed by atoms with van der Waals surface area (Å²) >= 11 is 3.39. The summed E-state index contributed by atoms with van der Waals surface area (Å²) in [6, 6.07) is 8.73. The summed E-state index contributed by atoms with van der Waals surface area (Å²) in [4.78, 5) is 16.8. The molecule has 2 aromatic rings. The largest absolute Gasteiger partial charge is 0.494 e. The molecule has 0 fully saturated rings. The quantitative estimate of drug-likeness (QED) is 0.817. The van der Waals surface area contributed by atoms with E-state index in [2.05, 4.69) is 26.2 Å². The molecular weight excluding hydrogens is 360 g/mol. The van der Waals surface area contributed by atoms with Crippen LogP contribution >= 0.6 is 15.9 Å². The molecule has 0 saturated carbocycles. The van der Waals surface area contributed by atoms with Gasteiger partial charge in [0.15, 0.2) is 0 Å². The number of nitrogens with one attached hydrogen (secondary N) is 1. The summed E-state index contributed by atoms with van der Waals surface area (Å²) in [5.41, 5.74) is 1.27. The first-order valence-electron chi connectivity index (χ1n) is 7.38. The second-order valence-corrected chi connectivity index (χ2v) is 5.63. The van der Waals surface area contributed by atoms with Crippen molar-refractivity contribution in [3.8, 4) is 11.5 Å². The van der Waals surface area contributed by atoms with Crippen molar-refractivity contribution < 1.29 is 14.3 Å². The molecule has 6 heteroatoms. The van der Waals surface area contributed by atoms with Crippen LogP contribution in [0.15, 0.2) is 34.8 Å². The van der Waals surface area contributed by atoms with Crippen LogP contribution in [0.2, 0.25) is 0 Å². The Morgan fingerprint density at radius 2 is 1.74 bits per heavy atom. The van der Waals surface area contributed by atoms with Crippen LogP contribution in [0.1, 0.15) is 29.9 Å². The van der Waals surface area contributed by atoms with Crippen molar-refractivity contribution >= 4 is 27.7 Å². The number of ether oxygens (including phenoxy) is 2.